The molecule has 5 nitrogen and oxygen atoms in total. The summed E-state index contributed by atoms with van der Waals surface area (Å²) in [5.74, 6) is -1.30. The number of amides is 2. The molecule has 0 radical (unpaired) electrons. The predicted octanol–water partition coefficient (Wildman–Crippen LogP) is 2.89. The number of rotatable bonds is 6. The van der Waals surface area contributed by atoms with E-state index in [0.29, 0.717) is 16.5 Å². The van der Waals surface area contributed by atoms with Crippen molar-refractivity contribution in [2.24, 2.45) is 5.92 Å². The number of nitrogens with one attached hydrogen (secondary N) is 2. The molecule has 1 atom stereocenters. The monoisotopic (exact) mass is 360 g/mol. The molecule has 0 saturated heterocycles. The lowest BCUT2D eigenvalue weighted by atomic mass is 10.0. The number of aliphatic carboxylic acids is 1. The Morgan fingerprint density at radius 3 is 2.57 bits per heavy atom. The number of halogens is 2. The van der Waals surface area contributed by atoms with Gasteiger partial charge >= 0.3 is 12.0 Å². The largest absolute Gasteiger partial charge is 0.480 e. The van der Waals surface area contributed by atoms with Gasteiger partial charge in [-0.25, -0.2) is 14.0 Å². The van der Waals surface area contributed by atoms with Crippen LogP contribution in [-0.2, 0) is 11.3 Å². The van der Waals surface area contributed by atoms with E-state index in [1.807, 2.05) is 13.8 Å². The van der Waals surface area contributed by atoms with Crippen molar-refractivity contribution in [2.45, 2.75) is 32.9 Å². The fourth-order valence-corrected chi connectivity index (χ4v) is 2.16. The van der Waals surface area contributed by atoms with Gasteiger partial charge in [0.25, 0.3) is 0 Å². The maximum Gasteiger partial charge on any atom is 0.326 e. The Morgan fingerprint density at radius 1 is 1.38 bits per heavy atom. The highest BCUT2D eigenvalue weighted by molar-refractivity contribution is 9.10. The Kier molecular flexibility index (Phi) is 6.61. The van der Waals surface area contributed by atoms with E-state index in [9.17, 15) is 14.0 Å². The van der Waals surface area contributed by atoms with Gasteiger partial charge in [0.15, 0.2) is 0 Å². The first-order valence-electron chi connectivity index (χ1n) is 6.50. The number of hydrogen-bond acceptors (Lipinski definition) is 2. The number of carbonyl (C=O) groups is 2. The predicted molar refractivity (Wildman–Crippen MR) is 80.4 cm³/mol. The maximum absolute atomic E-state index is 13.1. The van der Waals surface area contributed by atoms with Crippen LogP contribution in [0.1, 0.15) is 25.8 Å². The maximum atomic E-state index is 13.1. The fraction of sp³-hybridized carbons (Fsp3) is 0.429. The Hall–Kier alpha value is -1.63. The smallest absolute Gasteiger partial charge is 0.326 e. The summed E-state index contributed by atoms with van der Waals surface area (Å²) in [5.41, 5.74) is 0.703. The summed E-state index contributed by atoms with van der Waals surface area (Å²) < 4.78 is 13.4. The minimum Gasteiger partial charge on any atom is -0.480 e. The number of hydrogen-bond donors (Lipinski definition) is 3. The molecule has 1 aromatic rings. The van der Waals surface area contributed by atoms with Crippen molar-refractivity contribution in [3.8, 4) is 0 Å². The van der Waals surface area contributed by atoms with Crippen LogP contribution in [0, 0.1) is 11.7 Å². The van der Waals surface area contributed by atoms with Crippen molar-refractivity contribution in [1.82, 2.24) is 10.6 Å². The normalized spacial score (nSPS) is 12.0. The first-order chi connectivity index (χ1) is 9.79. The Labute approximate surface area is 131 Å². The molecule has 116 valence electrons. The molecule has 0 saturated carbocycles. The summed E-state index contributed by atoms with van der Waals surface area (Å²) in [5, 5.41) is 14.0. The topological polar surface area (TPSA) is 78.4 Å². The molecule has 0 spiro atoms. The first-order valence-corrected chi connectivity index (χ1v) is 7.30. The summed E-state index contributed by atoms with van der Waals surface area (Å²) in [7, 11) is 0. The minimum atomic E-state index is -1.07. The van der Waals surface area contributed by atoms with Crippen LogP contribution >= 0.6 is 15.9 Å². The van der Waals surface area contributed by atoms with Gasteiger partial charge in [-0.3, -0.25) is 0 Å². The van der Waals surface area contributed by atoms with E-state index in [1.54, 1.807) is 12.1 Å². The van der Waals surface area contributed by atoms with Crippen molar-refractivity contribution in [1.29, 1.82) is 0 Å². The van der Waals surface area contributed by atoms with Gasteiger partial charge in [0.1, 0.15) is 11.9 Å². The molecule has 1 unspecified atom stereocenters. The van der Waals surface area contributed by atoms with E-state index >= 15 is 0 Å². The van der Waals surface area contributed by atoms with Crippen molar-refractivity contribution >= 4 is 27.9 Å². The summed E-state index contributed by atoms with van der Waals surface area (Å²) >= 11 is 3.06. The molecule has 0 aliphatic carbocycles. The molecule has 7 heteroatoms. The van der Waals surface area contributed by atoms with Crippen LogP contribution in [-0.4, -0.2) is 23.1 Å². The molecule has 0 aromatic heterocycles. The standard InChI is InChI=1S/C14H18BrFN2O3/c1-8(2)5-12(13(19)20)18-14(21)17-7-9-3-4-11(16)10(15)6-9/h3-4,6,8,12H,5,7H2,1-2H3,(H,19,20)(H2,17,18,21). The van der Waals surface area contributed by atoms with Crippen molar-refractivity contribution < 1.29 is 19.1 Å². The minimum absolute atomic E-state index is 0.152. The molecule has 0 fully saturated rings. The quantitative estimate of drug-likeness (QED) is 0.729. The lowest BCUT2D eigenvalue weighted by Gasteiger charge is -2.17. The molecule has 0 bridgehead atoms. The van der Waals surface area contributed by atoms with E-state index in [4.69, 9.17) is 5.11 Å². The van der Waals surface area contributed by atoms with E-state index in [1.165, 1.54) is 6.07 Å². The second-order valence-corrected chi connectivity index (χ2v) is 5.95. The molecule has 1 rings (SSSR count). The average molecular weight is 361 g/mol. The first kappa shape index (κ1) is 17.4. The lowest BCUT2D eigenvalue weighted by molar-refractivity contribution is -0.139. The Balaban J connectivity index is 2.52. The SMILES string of the molecule is CC(C)CC(NC(=O)NCc1ccc(F)c(Br)c1)C(=O)O. The van der Waals surface area contributed by atoms with Gasteiger partial charge in [-0.15, -0.1) is 0 Å². The highest BCUT2D eigenvalue weighted by atomic mass is 79.9. The van der Waals surface area contributed by atoms with Crippen LogP contribution in [0.5, 0.6) is 0 Å². The number of benzene rings is 1. The third-order valence-corrected chi connectivity index (χ3v) is 3.36. The molecular formula is C14H18BrFN2O3. The molecule has 3 N–H and O–H groups in total. The number of carboxylic acids is 1. The van der Waals surface area contributed by atoms with Crippen LogP contribution < -0.4 is 10.6 Å². The third kappa shape index (κ3) is 6.12. The zero-order valence-electron chi connectivity index (χ0n) is 11.8. The molecule has 0 aliphatic rings. The fourth-order valence-electron chi connectivity index (χ4n) is 1.73. The molecular weight excluding hydrogens is 343 g/mol. The summed E-state index contributed by atoms with van der Waals surface area (Å²) in [6, 6.07) is 2.90. The number of carboxylic acid groups (broad SMARTS) is 1. The average Bonchev–Trinajstić information content (AvgIpc) is 2.38. The summed E-state index contributed by atoms with van der Waals surface area (Å²) in [6.45, 7) is 3.94. The second-order valence-electron chi connectivity index (χ2n) is 5.10. The van der Waals surface area contributed by atoms with Gasteiger partial charge < -0.3 is 15.7 Å². The Bertz CT molecular complexity index is 523. The van der Waals surface area contributed by atoms with Gasteiger partial charge in [0, 0.05) is 6.54 Å². The van der Waals surface area contributed by atoms with Gasteiger partial charge in [-0.1, -0.05) is 19.9 Å². The highest BCUT2D eigenvalue weighted by Crippen LogP contribution is 2.16. The molecule has 1 aromatic carbocycles. The van der Waals surface area contributed by atoms with Gasteiger partial charge in [-0.2, -0.15) is 0 Å². The Morgan fingerprint density at radius 2 is 2.05 bits per heavy atom. The van der Waals surface area contributed by atoms with Crippen molar-refractivity contribution in [3.05, 3.63) is 34.1 Å². The summed E-state index contributed by atoms with van der Waals surface area (Å²) in [4.78, 5) is 22.7. The van der Waals surface area contributed by atoms with Crippen LogP contribution in [0.4, 0.5) is 9.18 Å². The van der Waals surface area contributed by atoms with Crippen LogP contribution in [0.3, 0.4) is 0 Å². The molecule has 21 heavy (non-hydrogen) atoms. The number of urea groups is 1. The van der Waals surface area contributed by atoms with E-state index < -0.39 is 18.0 Å². The second kappa shape index (κ2) is 7.97. The number of carbonyl (C=O) groups excluding carboxylic acids is 1. The summed E-state index contributed by atoms with van der Waals surface area (Å²) in [6.07, 6.45) is 0.352. The molecule has 2 amide bonds. The zero-order chi connectivity index (χ0) is 16.0. The van der Waals surface area contributed by atoms with Crippen molar-refractivity contribution in [2.75, 3.05) is 0 Å². The van der Waals surface area contributed by atoms with E-state index in [2.05, 4.69) is 26.6 Å². The third-order valence-electron chi connectivity index (χ3n) is 2.75. The van der Waals surface area contributed by atoms with E-state index in [0.717, 1.165) is 0 Å². The zero-order valence-corrected chi connectivity index (χ0v) is 13.4. The molecule has 0 heterocycles. The van der Waals surface area contributed by atoms with Gasteiger partial charge in [0.2, 0.25) is 0 Å². The van der Waals surface area contributed by atoms with Crippen LogP contribution in [0.15, 0.2) is 22.7 Å². The van der Waals surface area contributed by atoms with E-state index in [-0.39, 0.29) is 18.3 Å². The van der Waals surface area contributed by atoms with Crippen molar-refractivity contribution in [3.63, 3.8) is 0 Å². The van der Waals surface area contributed by atoms with Crippen LogP contribution in [0.2, 0.25) is 0 Å². The highest BCUT2D eigenvalue weighted by Gasteiger charge is 2.20. The lowest BCUT2D eigenvalue weighted by Crippen LogP contribution is -2.46. The van der Waals surface area contributed by atoms with Gasteiger partial charge in [0.05, 0.1) is 4.47 Å². The van der Waals surface area contributed by atoms with Gasteiger partial charge in [-0.05, 0) is 46.0 Å². The molecule has 0 aliphatic heterocycles. The van der Waals surface area contributed by atoms with Crippen LogP contribution in [0.25, 0.3) is 0 Å².